The molecule has 3 rings (SSSR count). The molecule has 1 atom stereocenters. The van der Waals surface area contributed by atoms with E-state index in [1.54, 1.807) is 7.11 Å². The molecule has 36 heavy (non-hydrogen) atoms. The number of alkyl halides is 3. The van der Waals surface area contributed by atoms with E-state index in [2.05, 4.69) is 16.0 Å². The van der Waals surface area contributed by atoms with E-state index in [1.165, 1.54) is 0 Å². The molecular formula is C26H31F4N3O3. The number of methoxy groups -OCH3 is 1. The fourth-order valence-corrected chi connectivity index (χ4v) is 4.42. The molecule has 0 aromatic heterocycles. The molecule has 2 aromatic rings. The van der Waals surface area contributed by atoms with Gasteiger partial charge in [-0.1, -0.05) is 19.3 Å². The molecule has 0 bridgehead atoms. The molecule has 3 N–H and O–H groups in total. The Kier molecular flexibility index (Phi) is 9.55. The van der Waals surface area contributed by atoms with Crippen molar-refractivity contribution < 1.29 is 31.9 Å². The maximum Gasteiger partial charge on any atom is 0.416 e. The Morgan fingerprint density at radius 2 is 1.69 bits per heavy atom. The van der Waals surface area contributed by atoms with Crippen LogP contribution in [0.3, 0.4) is 0 Å². The van der Waals surface area contributed by atoms with E-state index in [0.717, 1.165) is 43.5 Å². The first-order valence-electron chi connectivity index (χ1n) is 12.0. The van der Waals surface area contributed by atoms with Gasteiger partial charge in [0.2, 0.25) is 5.91 Å². The van der Waals surface area contributed by atoms with Crippen LogP contribution in [0.15, 0.2) is 42.5 Å². The summed E-state index contributed by atoms with van der Waals surface area (Å²) in [6.45, 7) is 0.721. The number of anilines is 1. The van der Waals surface area contributed by atoms with Crippen molar-refractivity contribution in [3.63, 3.8) is 0 Å². The molecule has 0 heterocycles. The van der Waals surface area contributed by atoms with Crippen molar-refractivity contribution >= 4 is 17.5 Å². The number of halogens is 4. The molecule has 1 aliphatic carbocycles. The van der Waals surface area contributed by atoms with Crippen LogP contribution in [0.1, 0.15) is 48.0 Å². The van der Waals surface area contributed by atoms with Gasteiger partial charge in [0.1, 0.15) is 11.6 Å². The third kappa shape index (κ3) is 7.60. The zero-order valence-corrected chi connectivity index (χ0v) is 20.1. The van der Waals surface area contributed by atoms with E-state index in [-0.39, 0.29) is 18.4 Å². The van der Waals surface area contributed by atoms with Gasteiger partial charge in [0.05, 0.1) is 24.2 Å². The van der Waals surface area contributed by atoms with E-state index in [1.807, 2.05) is 24.3 Å². The van der Waals surface area contributed by atoms with Crippen molar-refractivity contribution in [1.82, 2.24) is 10.6 Å². The minimum atomic E-state index is -4.70. The van der Waals surface area contributed by atoms with Crippen molar-refractivity contribution in [2.45, 2.75) is 38.3 Å². The molecule has 0 radical (unpaired) electrons. The Hall–Kier alpha value is -3.30. The summed E-state index contributed by atoms with van der Waals surface area (Å²) in [7, 11) is 1.58. The summed E-state index contributed by atoms with van der Waals surface area (Å²) in [4.78, 5) is 25.6. The van der Waals surface area contributed by atoms with Gasteiger partial charge in [0.15, 0.2) is 0 Å². The molecule has 196 valence electrons. The quantitative estimate of drug-likeness (QED) is 0.311. The number of benzene rings is 2. The number of rotatable bonds is 10. The molecule has 1 fully saturated rings. The van der Waals surface area contributed by atoms with Crippen LogP contribution < -0.4 is 20.7 Å². The highest BCUT2D eigenvalue weighted by Gasteiger charge is 2.33. The van der Waals surface area contributed by atoms with Crippen LogP contribution in [0.2, 0.25) is 0 Å². The minimum absolute atomic E-state index is 0.0277. The Morgan fingerprint density at radius 1 is 1.00 bits per heavy atom. The van der Waals surface area contributed by atoms with Crippen LogP contribution in [-0.2, 0) is 11.0 Å². The number of hydrogen-bond donors (Lipinski definition) is 3. The second kappa shape index (κ2) is 12.6. The highest BCUT2D eigenvalue weighted by Crippen LogP contribution is 2.31. The zero-order chi connectivity index (χ0) is 26.1. The standard InChI is InChI=1S/C26H31F4N3O3/c1-36-20-10-8-19(9-11-20)31-13-14-32-25(35)22(17-5-3-2-4-6-17)16-33-24(34)21-15-18(26(28,29)30)7-12-23(21)27/h7-12,15,17,22,31H,2-6,13-14,16H2,1H3,(H,32,35)(H,33,34). The summed E-state index contributed by atoms with van der Waals surface area (Å²) in [5, 5.41) is 8.56. The third-order valence-corrected chi connectivity index (χ3v) is 6.42. The minimum Gasteiger partial charge on any atom is -0.497 e. The van der Waals surface area contributed by atoms with Gasteiger partial charge in [-0.15, -0.1) is 0 Å². The molecule has 1 saturated carbocycles. The molecule has 0 aliphatic heterocycles. The molecule has 1 aliphatic rings. The average Bonchev–Trinajstić information content (AvgIpc) is 2.87. The van der Waals surface area contributed by atoms with Gasteiger partial charge >= 0.3 is 6.18 Å². The van der Waals surface area contributed by atoms with E-state index < -0.39 is 34.9 Å². The SMILES string of the molecule is COc1ccc(NCCNC(=O)C(CNC(=O)c2cc(C(F)(F)F)ccc2F)C2CCCCC2)cc1. The van der Waals surface area contributed by atoms with Crippen molar-refractivity contribution in [2.24, 2.45) is 11.8 Å². The normalized spacial score (nSPS) is 15.1. The molecule has 10 heteroatoms. The predicted molar refractivity (Wildman–Crippen MR) is 128 cm³/mol. The van der Waals surface area contributed by atoms with Crippen LogP contribution in [0.4, 0.5) is 23.2 Å². The van der Waals surface area contributed by atoms with Gasteiger partial charge in [0.25, 0.3) is 5.91 Å². The van der Waals surface area contributed by atoms with Crippen LogP contribution in [0.25, 0.3) is 0 Å². The lowest BCUT2D eigenvalue weighted by Gasteiger charge is -2.29. The first-order valence-corrected chi connectivity index (χ1v) is 12.0. The van der Waals surface area contributed by atoms with E-state index in [9.17, 15) is 27.2 Å². The van der Waals surface area contributed by atoms with Crippen LogP contribution in [0.5, 0.6) is 5.75 Å². The summed E-state index contributed by atoms with van der Waals surface area (Å²) in [5.74, 6) is -2.08. The highest BCUT2D eigenvalue weighted by molar-refractivity contribution is 5.95. The smallest absolute Gasteiger partial charge is 0.416 e. The van der Waals surface area contributed by atoms with Crippen LogP contribution >= 0.6 is 0 Å². The topological polar surface area (TPSA) is 79.5 Å². The Labute approximate surface area is 207 Å². The number of carbonyl (C=O) groups excluding carboxylic acids is 2. The Balaban J connectivity index is 1.59. The van der Waals surface area contributed by atoms with Crippen LogP contribution in [-0.4, -0.2) is 38.6 Å². The predicted octanol–water partition coefficient (Wildman–Crippen LogP) is 5.01. The number of nitrogens with one attached hydrogen (secondary N) is 3. The first kappa shape index (κ1) is 27.3. The van der Waals surface area contributed by atoms with Crippen molar-refractivity contribution in [1.29, 1.82) is 0 Å². The number of carbonyl (C=O) groups is 2. The average molecular weight is 510 g/mol. The van der Waals surface area contributed by atoms with Gasteiger partial charge in [-0.2, -0.15) is 13.2 Å². The second-order valence-electron chi connectivity index (χ2n) is 8.85. The van der Waals surface area contributed by atoms with Crippen LogP contribution in [0, 0.1) is 17.7 Å². The Morgan fingerprint density at radius 3 is 2.33 bits per heavy atom. The summed E-state index contributed by atoms with van der Waals surface area (Å²) in [6, 6.07) is 9.04. The fourth-order valence-electron chi connectivity index (χ4n) is 4.42. The molecule has 0 saturated heterocycles. The van der Waals surface area contributed by atoms with E-state index in [0.29, 0.717) is 31.3 Å². The molecule has 2 amide bonds. The summed E-state index contributed by atoms with van der Waals surface area (Å²) in [5.41, 5.74) is -0.944. The highest BCUT2D eigenvalue weighted by atomic mass is 19.4. The largest absolute Gasteiger partial charge is 0.497 e. The first-order chi connectivity index (χ1) is 17.2. The third-order valence-electron chi connectivity index (χ3n) is 6.42. The van der Waals surface area contributed by atoms with Crippen molar-refractivity contribution in [2.75, 3.05) is 32.1 Å². The molecule has 6 nitrogen and oxygen atoms in total. The molecule has 1 unspecified atom stereocenters. The number of hydrogen-bond acceptors (Lipinski definition) is 4. The Bertz CT molecular complexity index is 1020. The fraction of sp³-hybridized carbons (Fsp3) is 0.462. The van der Waals surface area contributed by atoms with Gasteiger partial charge < -0.3 is 20.7 Å². The molecular weight excluding hydrogens is 478 g/mol. The van der Waals surface area contributed by atoms with Gasteiger partial charge in [0, 0.05) is 25.3 Å². The van der Waals surface area contributed by atoms with Gasteiger partial charge in [-0.25, -0.2) is 4.39 Å². The molecule has 2 aromatic carbocycles. The summed E-state index contributed by atoms with van der Waals surface area (Å²) in [6.07, 6.45) is -0.0785. The number of ether oxygens (including phenoxy) is 1. The second-order valence-corrected chi connectivity index (χ2v) is 8.85. The maximum atomic E-state index is 14.1. The zero-order valence-electron chi connectivity index (χ0n) is 20.1. The van der Waals surface area contributed by atoms with Crippen molar-refractivity contribution in [3.8, 4) is 5.75 Å². The van der Waals surface area contributed by atoms with Crippen molar-refractivity contribution in [3.05, 3.63) is 59.4 Å². The maximum absolute atomic E-state index is 14.1. The summed E-state index contributed by atoms with van der Waals surface area (Å²) >= 11 is 0. The number of amides is 2. The molecule has 0 spiro atoms. The lowest BCUT2D eigenvalue weighted by Crippen LogP contribution is -2.44. The lowest BCUT2D eigenvalue weighted by atomic mass is 9.79. The van der Waals surface area contributed by atoms with Gasteiger partial charge in [-0.3, -0.25) is 9.59 Å². The lowest BCUT2D eigenvalue weighted by molar-refractivity contribution is -0.137. The van der Waals surface area contributed by atoms with E-state index in [4.69, 9.17) is 4.74 Å². The van der Waals surface area contributed by atoms with Gasteiger partial charge in [-0.05, 0) is 61.2 Å². The van der Waals surface area contributed by atoms with E-state index >= 15 is 0 Å². The summed E-state index contributed by atoms with van der Waals surface area (Å²) < 4.78 is 58.2. The monoisotopic (exact) mass is 509 g/mol.